The third-order valence-corrected chi connectivity index (χ3v) is 4.10. The molecule has 3 nitrogen and oxygen atoms in total. The predicted molar refractivity (Wildman–Crippen MR) is 74.8 cm³/mol. The number of aliphatic hydroxyl groups is 1. The average Bonchev–Trinajstić information content (AvgIpc) is 2.41. The second-order valence-corrected chi connectivity index (χ2v) is 5.49. The van der Waals surface area contributed by atoms with Gasteiger partial charge in [0.2, 0.25) is 0 Å². The van der Waals surface area contributed by atoms with Crippen molar-refractivity contribution in [3.63, 3.8) is 0 Å². The van der Waals surface area contributed by atoms with Gasteiger partial charge in [-0.05, 0) is 31.9 Å². The number of nitrogens with zero attached hydrogens (tertiary/aromatic N) is 1. The van der Waals surface area contributed by atoms with Gasteiger partial charge in [0.25, 0.3) is 0 Å². The number of rotatable bonds is 3. The van der Waals surface area contributed by atoms with E-state index in [0.717, 1.165) is 26.2 Å². The van der Waals surface area contributed by atoms with Crippen LogP contribution in [0.2, 0.25) is 0 Å². The summed E-state index contributed by atoms with van der Waals surface area (Å²) in [6.45, 7) is 10.5. The second kappa shape index (κ2) is 5.39. The summed E-state index contributed by atoms with van der Waals surface area (Å²) in [7, 11) is 0. The molecule has 1 heterocycles. The monoisotopic (exact) mass is 248 g/mol. The molecule has 0 radical (unpaired) electrons. The van der Waals surface area contributed by atoms with E-state index in [0.29, 0.717) is 0 Å². The third kappa shape index (κ3) is 2.44. The molecule has 0 spiro atoms. The van der Waals surface area contributed by atoms with Crippen LogP contribution in [-0.2, 0) is 5.54 Å². The summed E-state index contributed by atoms with van der Waals surface area (Å²) in [4.78, 5) is 2.39. The Morgan fingerprint density at radius 2 is 1.94 bits per heavy atom. The molecule has 1 atom stereocenters. The summed E-state index contributed by atoms with van der Waals surface area (Å²) < 4.78 is 0. The molecule has 0 aliphatic carbocycles. The van der Waals surface area contributed by atoms with Crippen molar-refractivity contribution in [2.75, 3.05) is 32.8 Å². The molecular weight excluding hydrogens is 224 g/mol. The molecule has 3 heteroatoms. The Kier molecular flexibility index (Phi) is 4.05. The zero-order valence-electron chi connectivity index (χ0n) is 11.7. The van der Waals surface area contributed by atoms with Gasteiger partial charge in [0.05, 0.1) is 12.1 Å². The fourth-order valence-corrected chi connectivity index (χ4v) is 2.83. The van der Waals surface area contributed by atoms with Crippen LogP contribution in [0.1, 0.15) is 23.6 Å². The highest BCUT2D eigenvalue weighted by molar-refractivity contribution is 5.36. The molecule has 0 aromatic heterocycles. The van der Waals surface area contributed by atoms with Crippen LogP contribution >= 0.6 is 0 Å². The summed E-state index contributed by atoms with van der Waals surface area (Å²) >= 11 is 0. The van der Waals surface area contributed by atoms with Gasteiger partial charge in [0.15, 0.2) is 0 Å². The molecule has 2 N–H and O–H groups in total. The molecule has 18 heavy (non-hydrogen) atoms. The molecule has 1 aromatic rings. The van der Waals surface area contributed by atoms with Gasteiger partial charge in [0, 0.05) is 26.2 Å². The molecule has 1 saturated heterocycles. The zero-order chi connectivity index (χ0) is 13.2. The highest BCUT2D eigenvalue weighted by Crippen LogP contribution is 2.31. The van der Waals surface area contributed by atoms with Crippen LogP contribution in [-0.4, -0.2) is 42.8 Å². The van der Waals surface area contributed by atoms with Crippen molar-refractivity contribution in [2.45, 2.75) is 26.3 Å². The molecule has 2 rings (SSSR count). The third-order valence-electron chi connectivity index (χ3n) is 4.10. The Bertz CT molecular complexity index is 413. The van der Waals surface area contributed by atoms with Gasteiger partial charge in [-0.3, -0.25) is 4.90 Å². The van der Waals surface area contributed by atoms with Crippen molar-refractivity contribution in [1.29, 1.82) is 0 Å². The maximum atomic E-state index is 9.94. The number of piperazine rings is 1. The molecule has 0 bridgehead atoms. The number of aryl methyl sites for hydroxylation is 2. The zero-order valence-corrected chi connectivity index (χ0v) is 11.7. The van der Waals surface area contributed by atoms with Crippen LogP contribution in [0, 0.1) is 13.8 Å². The topological polar surface area (TPSA) is 35.5 Å². The van der Waals surface area contributed by atoms with E-state index in [1.54, 1.807) is 0 Å². The maximum absolute atomic E-state index is 9.94. The van der Waals surface area contributed by atoms with E-state index >= 15 is 0 Å². The van der Waals surface area contributed by atoms with Crippen molar-refractivity contribution < 1.29 is 5.11 Å². The van der Waals surface area contributed by atoms with Gasteiger partial charge in [-0.15, -0.1) is 0 Å². The summed E-state index contributed by atoms with van der Waals surface area (Å²) in [5, 5.41) is 13.3. The lowest BCUT2D eigenvalue weighted by Gasteiger charge is -2.43. The Hall–Kier alpha value is -0.900. The van der Waals surface area contributed by atoms with E-state index in [-0.39, 0.29) is 12.1 Å². The first-order valence-electron chi connectivity index (χ1n) is 6.72. The number of aliphatic hydroxyl groups excluding tert-OH is 1. The molecule has 1 aliphatic rings. The van der Waals surface area contributed by atoms with Gasteiger partial charge in [-0.25, -0.2) is 0 Å². The minimum Gasteiger partial charge on any atom is -0.394 e. The minimum absolute atomic E-state index is 0.164. The summed E-state index contributed by atoms with van der Waals surface area (Å²) in [6.07, 6.45) is 0. The number of benzene rings is 1. The van der Waals surface area contributed by atoms with Crippen LogP contribution in [0.5, 0.6) is 0 Å². The minimum atomic E-state index is -0.266. The Balaban J connectivity index is 2.38. The second-order valence-electron chi connectivity index (χ2n) is 5.49. The van der Waals surface area contributed by atoms with Crippen molar-refractivity contribution in [2.24, 2.45) is 0 Å². The molecule has 0 saturated carbocycles. The van der Waals surface area contributed by atoms with E-state index in [1.807, 2.05) is 0 Å². The predicted octanol–water partition coefficient (Wildman–Crippen LogP) is 1.42. The number of hydrogen-bond acceptors (Lipinski definition) is 3. The lowest BCUT2D eigenvalue weighted by Crippen LogP contribution is -2.55. The molecule has 1 aromatic carbocycles. The van der Waals surface area contributed by atoms with Crippen LogP contribution in [0.25, 0.3) is 0 Å². The van der Waals surface area contributed by atoms with Crippen LogP contribution in [0.4, 0.5) is 0 Å². The van der Waals surface area contributed by atoms with E-state index in [2.05, 4.69) is 49.2 Å². The van der Waals surface area contributed by atoms with Crippen molar-refractivity contribution in [1.82, 2.24) is 10.2 Å². The van der Waals surface area contributed by atoms with Crippen LogP contribution in [0.15, 0.2) is 18.2 Å². The van der Waals surface area contributed by atoms with Crippen LogP contribution in [0.3, 0.4) is 0 Å². The molecule has 100 valence electrons. The van der Waals surface area contributed by atoms with Gasteiger partial charge in [-0.2, -0.15) is 0 Å². The first kappa shape index (κ1) is 13.5. The Morgan fingerprint density at radius 3 is 2.56 bits per heavy atom. The fourth-order valence-electron chi connectivity index (χ4n) is 2.83. The van der Waals surface area contributed by atoms with Gasteiger partial charge >= 0.3 is 0 Å². The van der Waals surface area contributed by atoms with E-state index in [1.165, 1.54) is 16.7 Å². The normalized spacial score (nSPS) is 20.7. The molecular formula is C15H24N2O. The molecule has 0 amide bonds. The van der Waals surface area contributed by atoms with Gasteiger partial charge < -0.3 is 10.4 Å². The van der Waals surface area contributed by atoms with E-state index in [9.17, 15) is 5.11 Å². The molecule has 1 unspecified atom stereocenters. The van der Waals surface area contributed by atoms with Gasteiger partial charge in [0.1, 0.15) is 0 Å². The number of nitrogens with one attached hydrogen (secondary N) is 1. The summed E-state index contributed by atoms with van der Waals surface area (Å²) in [5.41, 5.74) is 3.51. The average molecular weight is 248 g/mol. The molecule has 1 fully saturated rings. The quantitative estimate of drug-likeness (QED) is 0.849. The highest BCUT2D eigenvalue weighted by atomic mass is 16.3. The summed E-state index contributed by atoms with van der Waals surface area (Å²) in [5.74, 6) is 0. The van der Waals surface area contributed by atoms with Crippen molar-refractivity contribution in [3.05, 3.63) is 34.9 Å². The fraction of sp³-hybridized carbons (Fsp3) is 0.600. The number of hydrogen-bond donors (Lipinski definition) is 2. The lowest BCUT2D eigenvalue weighted by atomic mass is 9.86. The van der Waals surface area contributed by atoms with Crippen LogP contribution < -0.4 is 5.32 Å². The smallest absolute Gasteiger partial charge is 0.0669 e. The van der Waals surface area contributed by atoms with Crippen molar-refractivity contribution >= 4 is 0 Å². The first-order chi connectivity index (χ1) is 8.58. The molecule has 1 aliphatic heterocycles. The summed E-state index contributed by atoms with van der Waals surface area (Å²) in [6, 6.07) is 6.50. The Labute approximate surface area is 110 Å². The SMILES string of the molecule is Cc1ccc(C)c(C(C)(CO)N2CCNCC2)c1. The van der Waals surface area contributed by atoms with E-state index < -0.39 is 0 Å². The highest BCUT2D eigenvalue weighted by Gasteiger charge is 2.34. The first-order valence-corrected chi connectivity index (χ1v) is 6.72. The van der Waals surface area contributed by atoms with E-state index in [4.69, 9.17) is 0 Å². The largest absolute Gasteiger partial charge is 0.394 e. The maximum Gasteiger partial charge on any atom is 0.0669 e. The standard InChI is InChI=1S/C15H24N2O/c1-12-4-5-13(2)14(10-12)15(3,11-18)17-8-6-16-7-9-17/h4-5,10,16,18H,6-9,11H2,1-3H3. The van der Waals surface area contributed by atoms with Crippen molar-refractivity contribution in [3.8, 4) is 0 Å². The Morgan fingerprint density at radius 1 is 1.28 bits per heavy atom. The van der Waals surface area contributed by atoms with Gasteiger partial charge in [-0.1, -0.05) is 23.8 Å². The lowest BCUT2D eigenvalue weighted by molar-refractivity contribution is 0.0306.